The Morgan fingerprint density at radius 2 is 1.89 bits per heavy atom. The van der Waals surface area contributed by atoms with E-state index in [-0.39, 0.29) is 17.5 Å². The van der Waals surface area contributed by atoms with Crippen LogP contribution in [-0.4, -0.2) is 31.9 Å². The molecule has 0 atom stereocenters. The number of halogens is 1. The highest BCUT2D eigenvalue weighted by molar-refractivity contribution is 9.10. The molecule has 0 radical (unpaired) electrons. The smallest absolute Gasteiger partial charge is 0.363 e. The highest BCUT2D eigenvalue weighted by Gasteiger charge is 2.24. The second kappa shape index (κ2) is 7.75. The van der Waals surface area contributed by atoms with Crippen molar-refractivity contribution in [3.05, 3.63) is 63.8 Å². The SMILES string of the molecule is CC(=O)Nc1ccc(C2=N/C(=C/c3ccc(N(C)C)c(Br)c3)C(=O)O2)cc1. The van der Waals surface area contributed by atoms with Gasteiger partial charge in [0.05, 0.1) is 5.69 Å². The third kappa shape index (κ3) is 4.43. The number of aliphatic imine (C=N–C) groups is 1. The fraction of sp³-hybridized carbons (Fsp3) is 0.150. The van der Waals surface area contributed by atoms with Gasteiger partial charge in [0.2, 0.25) is 11.8 Å². The summed E-state index contributed by atoms with van der Waals surface area (Å²) in [6.07, 6.45) is 1.69. The normalized spacial score (nSPS) is 14.7. The molecule has 3 rings (SSSR count). The molecular formula is C20H18BrN3O3. The van der Waals surface area contributed by atoms with Gasteiger partial charge >= 0.3 is 5.97 Å². The molecule has 0 fully saturated rings. The van der Waals surface area contributed by atoms with Crippen LogP contribution in [0.2, 0.25) is 0 Å². The molecule has 6 nitrogen and oxygen atoms in total. The molecule has 1 aliphatic heterocycles. The van der Waals surface area contributed by atoms with Gasteiger partial charge in [0, 0.05) is 36.7 Å². The number of nitrogens with zero attached hydrogens (tertiary/aromatic N) is 2. The van der Waals surface area contributed by atoms with Crippen LogP contribution in [0.5, 0.6) is 0 Å². The number of nitrogens with one attached hydrogen (secondary N) is 1. The van der Waals surface area contributed by atoms with Crippen molar-refractivity contribution in [1.82, 2.24) is 0 Å². The van der Waals surface area contributed by atoms with E-state index >= 15 is 0 Å². The van der Waals surface area contributed by atoms with E-state index in [0.29, 0.717) is 11.3 Å². The predicted molar refractivity (Wildman–Crippen MR) is 110 cm³/mol. The average Bonchev–Trinajstić information content (AvgIpc) is 2.95. The maximum Gasteiger partial charge on any atom is 0.363 e. The third-order valence-corrected chi connectivity index (χ3v) is 4.46. The number of amides is 1. The number of carbonyl (C=O) groups excluding carboxylic acids is 2. The molecule has 2 aromatic carbocycles. The van der Waals surface area contributed by atoms with Crippen molar-refractivity contribution in [2.24, 2.45) is 4.99 Å². The van der Waals surface area contributed by atoms with Gasteiger partial charge in [0.25, 0.3) is 0 Å². The van der Waals surface area contributed by atoms with Crippen molar-refractivity contribution in [3.8, 4) is 0 Å². The lowest BCUT2D eigenvalue weighted by Gasteiger charge is -2.14. The maximum absolute atomic E-state index is 12.2. The molecule has 27 heavy (non-hydrogen) atoms. The molecule has 0 bridgehead atoms. The minimum Gasteiger partial charge on any atom is -0.402 e. The predicted octanol–water partition coefficient (Wildman–Crippen LogP) is 3.82. The largest absolute Gasteiger partial charge is 0.402 e. The fourth-order valence-corrected chi connectivity index (χ4v) is 3.32. The molecule has 7 heteroatoms. The van der Waals surface area contributed by atoms with Crippen LogP contribution in [-0.2, 0) is 14.3 Å². The summed E-state index contributed by atoms with van der Waals surface area (Å²) < 4.78 is 6.20. The van der Waals surface area contributed by atoms with E-state index in [1.165, 1.54) is 6.92 Å². The summed E-state index contributed by atoms with van der Waals surface area (Å²) in [5, 5.41) is 2.68. The van der Waals surface area contributed by atoms with Crippen LogP contribution < -0.4 is 10.2 Å². The number of hydrogen-bond acceptors (Lipinski definition) is 5. The van der Waals surface area contributed by atoms with E-state index in [4.69, 9.17) is 4.74 Å². The van der Waals surface area contributed by atoms with Crippen LogP contribution in [0.15, 0.2) is 57.6 Å². The average molecular weight is 428 g/mol. The van der Waals surface area contributed by atoms with Gasteiger partial charge in [-0.15, -0.1) is 0 Å². The summed E-state index contributed by atoms with van der Waals surface area (Å²) in [6.45, 7) is 1.44. The summed E-state index contributed by atoms with van der Waals surface area (Å²) in [5.74, 6) is -0.405. The second-order valence-electron chi connectivity index (χ2n) is 6.20. The lowest BCUT2D eigenvalue weighted by atomic mass is 10.1. The van der Waals surface area contributed by atoms with Crippen molar-refractivity contribution in [1.29, 1.82) is 0 Å². The minimum atomic E-state index is -0.497. The monoisotopic (exact) mass is 427 g/mol. The summed E-state index contributed by atoms with van der Waals surface area (Å²) in [6, 6.07) is 12.7. The maximum atomic E-state index is 12.2. The minimum absolute atomic E-state index is 0.149. The van der Waals surface area contributed by atoms with Crippen molar-refractivity contribution < 1.29 is 14.3 Å². The third-order valence-electron chi connectivity index (χ3n) is 3.83. The fourth-order valence-electron chi connectivity index (χ4n) is 2.57. The molecule has 138 valence electrons. The van der Waals surface area contributed by atoms with Crippen molar-refractivity contribution in [3.63, 3.8) is 0 Å². The Bertz CT molecular complexity index is 963. The molecule has 0 aliphatic carbocycles. The van der Waals surface area contributed by atoms with Gasteiger partial charge in [-0.1, -0.05) is 6.07 Å². The summed E-state index contributed by atoms with van der Waals surface area (Å²) >= 11 is 3.53. The molecule has 2 aromatic rings. The Hall–Kier alpha value is -2.93. The number of rotatable bonds is 4. The molecule has 0 aromatic heterocycles. The van der Waals surface area contributed by atoms with E-state index in [0.717, 1.165) is 15.7 Å². The first-order valence-corrected chi connectivity index (χ1v) is 9.00. The van der Waals surface area contributed by atoms with Gasteiger partial charge in [-0.25, -0.2) is 9.79 Å². The first-order valence-electron chi connectivity index (χ1n) is 8.21. The number of cyclic esters (lactones) is 1. The number of benzene rings is 2. The van der Waals surface area contributed by atoms with Crippen LogP contribution >= 0.6 is 15.9 Å². The van der Waals surface area contributed by atoms with Gasteiger partial charge in [-0.3, -0.25) is 4.79 Å². The van der Waals surface area contributed by atoms with Gasteiger partial charge in [-0.05, 0) is 64.0 Å². The Morgan fingerprint density at radius 3 is 2.48 bits per heavy atom. The number of hydrogen-bond donors (Lipinski definition) is 1. The Kier molecular flexibility index (Phi) is 5.41. The standard InChI is InChI=1S/C20H18BrN3O3/c1-12(25)22-15-7-5-14(6-8-15)19-23-17(20(26)27-19)11-13-4-9-18(24(2)3)16(21)10-13/h4-11H,1-3H3,(H,22,25)/b17-11+. The number of esters is 1. The molecule has 1 heterocycles. The zero-order valence-corrected chi connectivity index (χ0v) is 16.7. The van der Waals surface area contributed by atoms with Gasteiger partial charge in [0.1, 0.15) is 0 Å². The first-order chi connectivity index (χ1) is 12.8. The summed E-state index contributed by atoms with van der Waals surface area (Å²) in [4.78, 5) is 29.5. The van der Waals surface area contributed by atoms with Crippen LogP contribution in [0.1, 0.15) is 18.1 Å². The highest BCUT2D eigenvalue weighted by atomic mass is 79.9. The van der Waals surface area contributed by atoms with Crippen LogP contribution in [0.25, 0.3) is 6.08 Å². The highest BCUT2D eigenvalue weighted by Crippen LogP contribution is 2.28. The van der Waals surface area contributed by atoms with Crippen LogP contribution in [0.3, 0.4) is 0 Å². The molecule has 1 aliphatic rings. The topological polar surface area (TPSA) is 71.0 Å². The van der Waals surface area contributed by atoms with E-state index in [1.807, 2.05) is 37.2 Å². The van der Waals surface area contributed by atoms with Crippen molar-refractivity contribution in [2.45, 2.75) is 6.92 Å². The van der Waals surface area contributed by atoms with E-state index < -0.39 is 5.97 Å². The lowest BCUT2D eigenvalue weighted by Crippen LogP contribution is -2.09. The lowest BCUT2D eigenvalue weighted by molar-refractivity contribution is -0.129. The van der Waals surface area contributed by atoms with E-state index in [2.05, 4.69) is 26.2 Å². The quantitative estimate of drug-likeness (QED) is 0.594. The number of anilines is 2. The zero-order chi connectivity index (χ0) is 19.6. The molecule has 0 saturated heterocycles. The van der Waals surface area contributed by atoms with Gasteiger partial charge in [-0.2, -0.15) is 0 Å². The molecule has 0 saturated carbocycles. The summed E-state index contributed by atoms with van der Waals surface area (Å²) in [5.41, 5.74) is 3.43. The molecule has 1 N–H and O–H groups in total. The zero-order valence-electron chi connectivity index (χ0n) is 15.1. The Morgan fingerprint density at radius 1 is 1.19 bits per heavy atom. The van der Waals surface area contributed by atoms with Crippen LogP contribution in [0, 0.1) is 0 Å². The van der Waals surface area contributed by atoms with Crippen LogP contribution in [0.4, 0.5) is 11.4 Å². The van der Waals surface area contributed by atoms with Gasteiger partial charge in [0.15, 0.2) is 5.70 Å². The van der Waals surface area contributed by atoms with E-state index in [1.54, 1.807) is 30.3 Å². The second-order valence-corrected chi connectivity index (χ2v) is 7.05. The first kappa shape index (κ1) is 18.8. The van der Waals surface area contributed by atoms with Crippen molar-refractivity contribution in [2.75, 3.05) is 24.3 Å². The molecule has 1 amide bonds. The Balaban J connectivity index is 1.84. The molecule has 0 spiro atoms. The molecular weight excluding hydrogens is 410 g/mol. The number of carbonyl (C=O) groups is 2. The number of ether oxygens (including phenoxy) is 1. The van der Waals surface area contributed by atoms with E-state index in [9.17, 15) is 9.59 Å². The summed E-state index contributed by atoms with van der Waals surface area (Å²) in [7, 11) is 3.92. The molecule has 0 unspecified atom stereocenters. The van der Waals surface area contributed by atoms with Crippen molar-refractivity contribution >= 4 is 51.2 Å². The Labute approximate surface area is 165 Å². The van der Waals surface area contributed by atoms with Gasteiger partial charge < -0.3 is 15.0 Å².